The summed E-state index contributed by atoms with van der Waals surface area (Å²) in [6.07, 6.45) is 1.08. The molecule has 0 aliphatic carbocycles. The lowest BCUT2D eigenvalue weighted by Crippen LogP contribution is -2.13. The Morgan fingerprint density at radius 2 is 2.10 bits per heavy atom. The van der Waals surface area contributed by atoms with Gasteiger partial charge in [0.15, 0.2) is 10.9 Å². The second-order valence-electron chi connectivity index (χ2n) is 3.64. The predicted molar refractivity (Wildman–Crippen MR) is 77.2 cm³/mol. The SMILES string of the molecule is CC(=O)c1csc(NS(=O)(=O)c2cnc(Cl)c(Cl)c2)n1. The Bertz CT molecular complexity index is 774. The number of carbonyl (C=O) groups excluding carboxylic acids is 1. The molecule has 20 heavy (non-hydrogen) atoms. The number of rotatable bonds is 4. The zero-order chi connectivity index (χ0) is 14.9. The molecule has 0 saturated heterocycles. The molecule has 0 saturated carbocycles. The molecule has 0 bridgehead atoms. The molecular weight excluding hydrogens is 345 g/mol. The number of ketones is 1. The Morgan fingerprint density at radius 1 is 1.40 bits per heavy atom. The average Bonchev–Trinajstić information content (AvgIpc) is 2.80. The van der Waals surface area contributed by atoms with Gasteiger partial charge in [0.05, 0.1) is 5.02 Å². The minimum absolute atomic E-state index is 0.0127. The number of halogens is 2. The number of anilines is 1. The molecule has 10 heteroatoms. The summed E-state index contributed by atoms with van der Waals surface area (Å²) < 4.78 is 26.4. The topological polar surface area (TPSA) is 89.0 Å². The molecule has 0 unspecified atom stereocenters. The summed E-state index contributed by atoms with van der Waals surface area (Å²) in [6.45, 7) is 1.34. The van der Waals surface area contributed by atoms with Crippen molar-refractivity contribution < 1.29 is 13.2 Å². The minimum atomic E-state index is -3.88. The van der Waals surface area contributed by atoms with Crippen LogP contribution >= 0.6 is 34.5 Å². The van der Waals surface area contributed by atoms with Crippen molar-refractivity contribution in [2.24, 2.45) is 0 Å². The molecule has 1 N–H and O–H groups in total. The number of pyridine rings is 1. The van der Waals surface area contributed by atoms with Crippen molar-refractivity contribution in [3.8, 4) is 0 Å². The van der Waals surface area contributed by atoms with Crippen LogP contribution in [0.1, 0.15) is 17.4 Å². The van der Waals surface area contributed by atoms with Crippen LogP contribution in [0.5, 0.6) is 0 Å². The number of thiazole rings is 1. The minimum Gasteiger partial charge on any atom is -0.293 e. The maximum absolute atomic E-state index is 12.1. The van der Waals surface area contributed by atoms with E-state index in [0.717, 1.165) is 17.5 Å². The summed E-state index contributed by atoms with van der Waals surface area (Å²) >= 11 is 12.4. The summed E-state index contributed by atoms with van der Waals surface area (Å²) in [5.74, 6) is -0.247. The van der Waals surface area contributed by atoms with E-state index in [1.807, 2.05) is 0 Å². The van der Waals surface area contributed by atoms with E-state index >= 15 is 0 Å². The van der Waals surface area contributed by atoms with Crippen LogP contribution in [0.3, 0.4) is 0 Å². The Balaban J connectivity index is 2.30. The normalized spacial score (nSPS) is 11.3. The molecule has 2 aromatic heterocycles. The van der Waals surface area contributed by atoms with Gasteiger partial charge in [-0.25, -0.2) is 18.4 Å². The number of hydrogen-bond donors (Lipinski definition) is 1. The number of nitrogens with one attached hydrogen (secondary N) is 1. The second-order valence-corrected chi connectivity index (χ2v) is 6.95. The average molecular weight is 352 g/mol. The second kappa shape index (κ2) is 5.65. The van der Waals surface area contributed by atoms with Crippen LogP contribution in [-0.2, 0) is 10.0 Å². The van der Waals surface area contributed by atoms with Crippen molar-refractivity contribution in [1.82, 2.24) is 9.97 Å². The third-order valence-electron chi connectivity index (χ3n) is 2.17. The molecule has 2 heterocycles. The highest BCUT2D eigenvalue weighted by molar-refractivity contribution is 7.93. The smallest absolute Gasteiger partial charge is 0.265 e. The van der Waals surface area contributed by atoms with E-state index in [9.17, 15) is 13.2 Å². The van der Waals surface area contributed by atoms with Gasteiger partial charge in [-0.3, -0.25) is 9.52 Å². The van der Waals surface area contributed by atoms with Crippen LogP contribution in [0.15, 0.2) is 22.5 Å². The maximum atomic E-state index is 12.1. The van der Waals surface area contributed by atoms with E-state index in [1.54, 1.807) is 0 Å². The lowest BCUT2D eigenvalue weighted by Gasteiger charge is -2.05. The Labute approximate surface area is 128 Å². The molecule has 2 rings (SSSR count). The van der Waals surface area contributed by atoms with E-state index in [-0.39, 0.29) is 31.7 Å². The first-order valence-corrected chi connectivity index (χ1v) is 8.22. The van der Waals surface area contributed by atoms with Gasteiger partial charge in [0, 0.05) is 18.5 Å². The van der Waals surface area contributed by atoms with Gasteiger partial charge in [0.2, 0.25) is 0 Å². The highest BCUT2D eigenvalue weighted by atomic mass is 35.5. The van der Waals surface area contributed by atoms with Crippen molar-refractivity contribution >= 4 is 55.5 Å². The number of hydrogen-bond acceptors (Lipinski definition) is 6. The van der Waals surface area contributed by atoms with Gasteiger partial charge in [-0.05, 0) is 6.07 Å². The van der Waals surface area contributed by atoms with Crippen LogP contribution in [0.25, 0.3) is 0 Å². The van der Waals surface area contributed by atoms with Gasteiger partial charge in [-0.15, -0.1) is 11.3 Å². The summed E-state index contributed by atoms with van der Waals surface area (Å²) in [7, 11) is -3.88. The van der Waals surface area contributed by atoms with Crippen molar-refractivity contribution in [1.29, 1.82) is 0 Å². The number of sulfonamides is 1. The molecule has 0 aromatic carbocycles. The van der Waals surface area contributed by atoms with E-state index in [4.69, 9.17) is 23.2 Å². The molecule has 0 aliphatic rings. The lowest BCUT2D eigenvalue weighted by atomic mass is 10.4. The van der Waals surface area contributed by atoms with Crippen molar-refractivity contribution in [2.45, 2.75) is 11.8 Å². The predicted octanol–water partition coefficient (Wildman–Crippen LogP) is 2.85. The van der Waals surface area contributed by atoms with E-state index in [0.29, 0.717) is 0 Å². The van der Waals surface area contributed by atoms with Crippen LogP contribution in [-0.4, -0.2) is 24.2 Å². The summed E-state index contributed by atoms with van der Waals surface area (Å²) in [4.78, 5) is 18.5. The fraction of sp³-hybridized carbons (Fsp3) is 0.100. The highest BCUT2D eigenvalue weighted by Crippen LogP contribution is 2.24. The van der Waals surface area contributed by atoms with Gasteiger partial charge < -0.3 is 0 Å². The maximum Gasteiger partial charge on any atom is 0.265 e. The Morgan fingerprint density at radius 3 is 2.65 bits per heavy atom. The van der Waals surface area contributed by atoms with Crippen LogP contribution < -0.4 is 4.72 Å². The first kappa shape index (κ1) is 15.2. The fourth-order valence-corrected chi connectivity index (χ4v) is 3.51. The standard InChI is InChI=1S/C10H7Cl2N3O3S2/c1-5(16)8-4-19-10(14-8)15-20(17,18)6-2-7(11)9(12)13-3-6/h2-4H,1H3,(H,14,15). The molecule has 0 aliphatic heterocycles. The fourth-order valence-electron chi connectivity index (χ4n) is 1.21. The van der Waals surface area contributed by atoms with Crippen LogP contribution in [0, 0.1) is 0 Å². The number of nitrogens with zero attached hydrogens (tertiary/aromatic N) is 2. The van der Waals surface area contributed by atoms with Gasteiger partial charge in [-0.2, -0.15) is 0 Å². The van der Waals surface area contributed by atoms with Gasteiger partial charge in [0.25, 0.3) is 10.0 Å². The number of Topliss-reactive ketones (excluding diaryl/α,β-unsaturated/α-hetero) is 1. The monoisotopic (exact) mass is 351 g/mol. The number of carbonyl (C=O) groups is 1. The lowest BCUT2D eigenvalue weighted by molar-refractivity contribution is 0.101. The zero-order valence-electron chi connectivity index (χ0n) is 9.92. The molecule has 0 spiro atoms. The largest absolute Gasteiger partial charge is 0.293 e. The third-order valence-corrected chi connectivity index (χ3v) is 5.05. The van der Waals surface area contributed by atoms with Crippen LogP contribution in [0.4, 0.5) is 5.13 Å². The molecule has 0 radical (unpaired) electrons. The summed E-state index contributed by atoms with van der Waals surface area (Å²) in [6, 6.07) is 1.18. The quantitative estimate of drug-likeness (QED) is 0.675. The Hall–Kier alpha value is -1.22. The van der Waals surface area contributed by atoms with Gasteiger partial charge in [0.1, 0.15) is 15.7 Å². The summed E-state index contributed by atoms with van der Waals surface area (Å²) in [5.41, 5.74) is 0.194. The molecular formula is C10H7Cl2N3O3S2. The zero-order valence-corrected chi connectivity index (χ0v) is 13.1. The molecule has 6 nitrogen and oxygen atoms in total. The van der Waals surface area contributed by atoms with Crippen molar-refractivity contribution in [2.75, 3.05) is 4.72 Å². The number of aromatic nitrogens is 2. The molecule has 0 fully saturated rings. The first-order chi connectivity index (χ1) is 9.29. The Kier molecular flexibility index (Phi) is 4.28. The first-order valence-electron chi connectivity index (χ1n) is 5.10. The van der Waals surface area contributed by atoms with Gasteiger partial charge in [-0.1, -0.05) is 23.2 Å². The van der Waals surface area contributed by atoms with Crippen molar-refractivity contribution in [3.63, 3.8) is 0 Å². The molecule has 0 atom stereocenters. The summed E-state index contributed by atoms with van der Waals surface area (Å²) in [5, 5.41) is 1.59. The van der Waals surface area contributed by atoms with E-state index in [1.165, 1.54) is 18.4 Å². The molecule has 106 valence electrons. The van der Waals surface area contributed by atoms with Crippen molar-refractivity contribution in [3.05, 3.63) is 33.5 Å². The molecule has 0 amide bonds. The van der Waals surface area contributed by atoms with Crippen LogP contribution in [0.2, 0.25) is 10.2 Å². The molecule has 2 aromatic rings. The third kappa shape index (κ3) is 3.26. The van der Waals surface area contributed by atoms with E-state index in [2.05, 4.69) is 14.7 Å². The highest BCUT2D eigenvalue weighted by Gasteiger charge is 2.18. The van der Waals surface area contributed by atoms with Gasteiger partial charge >= 0.3 is 0 Å². The van der Waals surface area contributed by atoms with E-state index < -0.39 is 10.0 Å².